The Morgan fingerprint density at radius 1 is 1.11 bits per heavy atom. The first kappa shape index (κ1) is 27.8. The summed E-state index contributed by atoms with van der Waals surface area (Å²) in [6.45, 7) is 6.01. The average Bonchev–Trinajstić information content (AvgIpc) is 3.26. The zero-order valence-corrected chi connectivity index (χ0v) is 21.3. The second-order valence-electron chi connectivity index (χ2n) is 9.48. The Morgan fingerprint density at radius 2 is 1.89 bits per heavy atom. The summed E-state index contributed by atoms with van der Waals surface area (Å²) in [5.74, 6) is -1.52. The van der Waals surface area contributed by atoms with Gasteiger partial charge in [0.05, 0.1) is 18.6 Å². The first-order valence-electron chi connectivity index (χ1n) is 12.6. The van der Waals surface area contributed by atoms with Crippen molar-refractivity contribution in [3.63, 3.8) is 0 Å². The number of urea groups is 1. The predicted octanol–water partition coefficient (Wildman–Crippen LogP) is -0.254. The first-order valence-corrected chi connectivity index (χ1v) is 12.6. The molecule has 202 valence electrons. The fraction of sp³-hybridized carbons (Fsp3) is 0.560. The van der Waals surface area contributed by atoms with Crippen LogP contribution in [0, 0.1) is 5.92 Å². The Hall–Kier alpha value is -3.83. The molecule has 0 bridgehead atoms. The van der Waals surface area contributed by atoms with Gasteiger partial charge >= 0.3 is 6.03 Å². The molecule has 2 atom stereocenters. The van der Waals surface area contributed by atoms with Gasteiger partial charge in [0.25, 0.3) is 5.91 Å². The van der Waals surface area contributed by atoms with Crippen molar-refractivity contribution in [1.82, 2.24) is 31.5 Å². The highest BCUT2D eigenvalue weighted by Crippen LogP contribution is 2.18. The number of fused-ring (bicyclic) bond motifs is 1. The molecule has 6 amide bonds. The zero-order valence-electron chi connectivity index (χ0n) is 21.3. The molecule has 0 aliphatic carbocycles. The van der Waals surface area contributed by atoms with Crippen molar-refractivity contribution in [3.8, 4) is 5.75 Å². The van der Waals surface area contributed by atoms with Crippen molar-refractivity contribution in [2.75, 3.05) is 39.3 Å². The van der Waals surface area contributed by atoms with E-state index in [9.17, 15) is 24.0 Å². The largest absolute Gasteiger partial charge is 0.493 e. The lowest BCUT2D eigenvalue weighted by molar-refractivity contribution is -0.131. The molecule has 0 aromatic heterocycles. The normalized spacial score (nSPS) is 21.4. The second kappa shape index (κ2) is 13.5. The zero-order chi connectivity index (χ0) is 26.8. The van der Waals surface area contributed by atoms with Crippen LogP contribution in [0.1, 0.15) is 43.5 Å². The van der Waals surface area contributed by atoms with Crippen LogP contribution >= 0.6 is 0 Å². The topological polar surface area (TPSA) is 158 Å². The highest BCUT2D eigenvalue weighted by Gasteiger charge is 2.29. The Kier molecular flexibility index (Phi) is 10.1. The Balaban J connectivity index is 1.77. The van der Waals surface area contributed by atoms with E-state index in [0.717, 1.165) is 0 Å². The Morgan fingerprint density at radius 3 is 2.62 bits per heavy atom. The van der Waals surface area contributed by atoms with Crippen molar-refractivity contribution >= 4 is 29.7 Å². The van der Waals surface area contributed by atoms with Crippen LogP contribution in [0.5, 0.6) is 5.75 Å². The van der Waals surface area contributed by atoms with Crippen molar-refractivity contribution < 1.29 is 28.7 Å². The van der Waals surface area contributed by atoms with Crippen molar-refractivity contribution in [1.29, 1.82) is 0 Å². The molecule has 2 aliphatic rings. The molecule has 37 heavy (non-hydrogen) atoms. The number of rotatable bonds is 6. The average molecular weight is 517 g/mol. The van der Waals surface area contributed by atoms with Gasteiger partial charge in [-0.1, -0.05) is 26.0 Å². The van der Waals surface area contributed by atoms with Crippen LogP contribution in [0.2, 0.25) is 0 Å². The van der Waals surface area contributed by atoms with E-state index in [1.165, 1.54) is 0 Å². The first-order chi connectivity index (χ1) is 17.7. The molecule has 0 saturated carbocycles. The molecule has 3 rings (SSSR count). The van der Waals surface area contributed by atoms with Gasteiger partial charge in [-0.25, -0.2) is 4.79 Å². The molecule has 2 aliphatic heterocycles. The number of carbonyl (C=O) groups is 5. The third kappa shape index (κ3) is 8.36. The summed E-state index contributed by atoms with van der Waals surface area (Å²) in [5, 5.41) is 13.6. The van der Waals surface area contributed by atoms with E-state index < -0.39 is 29.8 Å². The molecular formula is C25H36N6O6. The second-order valence-corrected chi connectivity index (χ2v) is 9.48. The van der Waals surface area contributed by atoms with Crippen LogP contribution in [0.25, 0.3) is 0 Å². The molecular weight excluding hydrogens is 480 g/mol. The van der Waals surface area contributed by atoms with Crippen molar-refractivity contribution in [2.24, 2.45) is 5.92 Å². The van der Waals surface area contributed by atoms with Gasteiger partial charge in [-0.3, -0.25) is 19.2 Å². The van der Waals surface area contributed by atoms with Gasteiger partial charge in [0.2, 0.25) is 17.7 Å². The number of hydrogen-bond acceptors (Lipinski definition) is 6. The maximum Gasteiger partial charge on any atom is 0.317 e. The van der Waals surface area contributed by atoms with Crippen LogP contribution in [0.15, 0.2) is 24.3 Å². The van der Waals surface area contributed by atoms with Crippen molar-refractivity contribution in [3.05, 3.63) is 29.8 Å². The van der Waals surface area contributed by atoms with Gasteiger partial charge in [-0.15, -0.1) is 0 Å². The minimum absolute atomic E-state index is 0.137. The number of carbonyl (C=O) groups excluding carboxylic acids is 5. The number of ether oxygens (including phenoxy) is 1. The smallest absolute Gasteiger partial charge is 0.317 e. The quantitative estimate of drug-likeness (QED) is 0.351. The number of nitrogens with zero attached hydrogens (tertiary/aromatic N) is 1. The molecule has 2 heterocycles. The van der Waals surface area contributed by atoms with Gasteiger partial charge in [0.1, 0.15) is 17.8 Å². The van der Waals surface area contributed by atoms with Gasteiger partial charge in [-0.2, -0.15) is 0 Å². The van der Waals surface area contributed by atoms with Crippen LogP contribution < -0.4 is 31.3 Å². The summed E-state index contributed by atoms with van der Waals surface area (Å²) < 4.78 is 5.77. The Labute approximate surface area is 216 Å². The molecule has 12 nitrogen and oxygen atoms in total. The number of hydrogen-bond donors (Lipinski definition) is 5. The highest BCUT2D eigenvalue weighted by molar-refractivity contribution is 6.01. The van der Waals surface area contributed by atoms with Gasteiger partial charge in [0.15, 0.2) is 0 Å². The summed E-state index contributed by atoms with van der Waals surface area (Å²) in [4.78, 5) is 65.1. The van der Waals surface area contributed by atoms with Gasteiger partial charge < -0.3 is 36.2 Å². The number of para-hydroxylation sites is 1. The highest BCUT2D eigenvalue weighted by atomic mass is 16.5. The molecule has 0 radical (unpaired) electrons. The van der Waals surface area contributed by atoms with E-state index in [0.29, 0.717) is 38.2 Å². The number of amides is 6. The minimum Gasteiger partial charge on any atom is -0.493 e. The lowest BCUT2D eigenvalue weighted by Gasteiger charge is -2.23. The maximum atomic E-state index is 13.1. The lowest BCUT2D eigenvalue weighted by Crippen LogP contribution is -2.53. The predicted molar refractivity (Wildman–Crippen MR) is 135 cm³/mol. The third-order valence-corrected chi connectivity index (χ3v) is 6.01. The molecule has 0 unspecified atom stereocenters. The van der Waals surface area contributed by atoms with Gasteiger partial charge in [-0.05, 0) is 30.9 Å². The van der Waals surface area contributed by atoms with E-state index in [1.807, 2.05) is 13.8 Å². The Bertz CT molecular complexity index is 1000. The third-order valence-electron chi connectivity index (χ3n) is 6.01. The molecule has 0 spiro atoms. The summed E-state index contributed by atoms with van der Waals surface area (Å²) in [6.07, 6.45) is 0.553. The lowest BCUT2D eigenvalue weighted by atomic mass is 10.0. The SMILES string of the molecule is CC(C)C[C@H]1NC(=O)C[C@@H](C(=O)NCCN2CCNC2=O)NC(=O)c2ccccc2OCCCNC1=O. The van der Waals surface area contributed by atoms with Crippen LogP contribution in [0.4, 0.5) is 4.79 Å². The standard InChI is InChI=1S/C25H36N6O6/c1-16(2)14-18-23(34)26-8-5-13-37-20-7-4-3-6-17(20)22(33)30-19(15-21(32)29-18)24(35)27-9-11-31-12-10-28-25(31)36/h3-4,6-7,16,18-19H,5,8-15H2,1-2H3,(H,26,34)(H,27,35)(H,28,36)(H,29,32)(H,30,33)/t18-,19+/m1/s1. The summed E-state index contributed by atoms with van der Waals surface area (Å²) >= 11 is 0. The summed E-state index contributed by atoms with van der Waals surface area (Å²) in [5.41, 5.74) is 0.228. The van der Waals surface area contributed by atoms with E-state index in [2.05, 4.69) is 26.6 Å². The molecule has 1 fully saturated rings. The fourth-order valence-corrected chi connectivity index (χ4v) is 4.12. The molecule has 5 N–H and O–H groups in total. The molecule has 1 aromatic rings. The summed E-state index contributed by atoms with van der Waals surface area (Å²) in [7, 11) is 0. The van der Waals surface area contributed by atoms with Gasteiger partial charge in [0, 0.05) is 32.7 Å². The van der Waals surface area contributed by atoms with Crippen LogP contribution in [0.3, 0.4) is 0 Å². The monoisotopic (exact) mass is 516 g/mol. The maximum absolute atomic E-state index is 13.1. The number of nitrogens with one attached hydrogen (secondary N) is 5. The molecule has 12 heteroatoms. The fourth-order valence-electron chi connectivity index (χ4n) is 4.12. The van der Waals surface area contributed by atoms with Crippen LogP contribution in [-0.4, -0.2) is 86.0 Å². The van der Waals surface area contributed by atoms with E-state index in [-0.39, 0.29) is 49.5 Å². The molecule has 1 aromatic carbocycles. The minimum atomic E-state index is -1.21. The number of benzene rings is 1. The summed E-state index contributed by atoms with van der Waals surface area (Å²) in [6, 6.07) is 4.43. The molecule has 1 saturated heterocycles. The van der Waals surface area contributed by atoms with Crippen molar-refractivity contribution in [2.45, 2.75) is 45.2 Å². The van der Waals surface area contributed by atoms with Crippen LogP contribution in [-0.2, 0) is 14.4 Å². The van der Waals surface area contributed by atoms with E-state index in [4.69, 9.17) is 4.74 Å². The van der Waals surface area contributed by atoms with E-state index >= 15 is 0 Å². The van der Waals surface area contributed by atoms with E-state index in [1.54, 1.807) is 29.2 Å².